The summed E-state index contributed by atoms with van der Waals surface area (Å²) in [5.41, 5.74) is 10.5. The fourth-order valence-electron chi connectivity index (χ4n) is 2.17. The first-order chi connectivity index (χ1) is 8.42. The minimum absolute atomic E-state index is 0.264. The van der Waals surface area contributed by atoms with Crippen LogP contribution in [0.5, 0.6) is 5.75 Å². The van der Waals surface area contributed by atoms with Crippen LogP contribution in [-0.4, -0.2) is 19.7 Å². The summed E-state index contributed by atoms with van der Waals surface area (Å²) in [6.07, 6.45) is 0. The Labute approximate surface area is 111 Å². The number of nitrogens with one attached hydrogen (secondary N) is 1. The van der Waals surface area contributed by atoms with Gasteiger partial charge in [0.05, 0.1) is 12.8 Å². The van der Waals surface area contributed by atoms with Crippen molar-refractivity contribution >= 4 is 5.69 Å². The maximum atomic E-state index is 5.83. The summed E-state index contributed by atoms with van der Waals surface area (Å²) in [5, 5.41) is 3.53. The van der Waals surface area contributed by atoms with Gasteiger partial charge in [0.1, 0.15) is 5.75 Å². The third kappa shape index (κ3) is 2.96. The predicted molar refractivity (Wildman–Crippen MR) is 78.5 cm³/mol. The van der Waals surface area contributed by atoms with E-state index in [-0.39, 0.29) is 6.04 Å². The Morgan fingerprint density at radius 2 is 1.83 bits per heavy atom. The van der Waals surface area contributed by atoms with E-state index < -0.39 is 0 Å². The van der Waals surface area contributed by atoms with E-state index in [9.17, 15) is 0 Å². The molecule has 0 saturated heterocycles. The summed E-state index contributed by atoms with van der Waals surface area (Å²) in [6, 6.07) is 2.45. The van der Waals surface area contributed by atoms with Crippen molar-refractivity contribution in [3.05, 3.63) is 22.8 Å². The first-order valence-electron chi connectivity index (χ1n) is 6.53. The molecule has 1 atom stereocenters. The highest BCUT2D eigenvalue weighted by Crippen LogP contribution is 2.35. The van der Waals surface area contributed by atoms with Gasteiger partial charge in [-0.3, -0.25) is 0 Å². The van der Waals surface area contributed by atoms with Crippen LogP contribution < -0.4 is 15.8 Å². The normalized spacial score (nSPS) is 12.7. The van der Waals surface area contributed by atoms with Gasteiger partial charge in [0.15, 0.2) is 0 Å². The summed E-state index contributed by atoms with van der Waals surface area (Å²) < 4.78 is 5.56. The van der Waals surface area contributed by atoms with Crippen molar-refractivity contribution < 1.29 is 4.74 Å². The van der Waals surface area contributed by atoms with Crippen LogP contribution in [0, 0.1) is 26.7 Å². The van der Waals surface area contributed by atoms with Crippen molar-refractivity contribution in [1.29, 1.82) is 0 Å². The van der Waals surface area contributed by atoms with Crippen molar-refractivity contribution in [1.82, 2.24) is 0 Å². The number of ether oxygens (including phenoxy) is 1. The van der Waals surface area contributed by atoms with Crippen LogP contribution in [0.25, 0.3) is 0 Å². The number of rotatable bonds is 5. The van der Waals surface area contributed by atoms with E-state index in [4.69, 9.17) is 10.5 Å². The Hall–Kier alpha value is -1.22. The van der Waals surface area contributed by atoms with Crippen molar-refractivity contribution in [3.63, 3.8) is 0 Å². The predicted octanol–water partition coefficient (Wildman–Crippen LogP) is 3.02. The molecule has 1 unspecified atom stereocenters. The molecular weight excluding hydrogens is 224 g/mol. The fourth-order valence-corrected chi connectivity index (χ4v) is 2.17. The van der Waals surface area contributed by atoms with E-state index in [0.29, 0.717) is 12.5 Å². The Morgan fingerprint density at radius 3 is 2.28 bits per heavy atom. The van der Waals surface area contributed by atoms with Crippen LogP contribution in [0.15, 0.2) is 6.07 Å². The largest absolute Gasteiger partial charge is 0.494 e. The molecule has 0 heterocycles. The number of benzene rings is 1. The number of aryl methyl sites for hydroxylation is 2. The van der Waals surface area contributed by atoms with Crippen LogP contribution >= 0.6 is 0 Å². The first-order valence-corrected chi connectivity index (χ1v) is 6.53. The summed E-state index contributed by atoms with van der Waals surface area (Å²) in [6.45, 7) is 11.3. The first kappa shape index (κ1) is 14.8. The standard InChI is InChI=1S/C15H26N2O/c1-9(2)13(8-16)17-14-11(4)7-10(3)12(5)15(14)18-6/h7,9,13,17H,8,16H2,1-6H3. The highest BCUT2D eigenvalue weighted by molar-refractivity contribution is 5.67. The Morgan fingerprint density at radius 1 is 1.22 bits per heavy atom. The average Bonchev–Trinajstić information content (AvgIpc) is 2.31. The van der Waals surface area contributed by atoms with Crippen molar-refractivity contribution in [2.45, 2.75) is 40.7 Å². The number of hydrogen-bond donors (Lipinski definition) is 2. The lowest BCUT2D eigenvalue weighted by Crippen LogP contribution is -2.34. The molecule has 102 valence electrons. The molecule has 0 spiro atoms. The van der Waals surface area contributed by atoms with Gasteiger partial charge in [-0.05, 0) is 43.4 Å². The smallest absolute Gasteiger partial charge is 0.145 e. The fraction of sp³-hybridized carbons (Fsp3) is 0.600. The Balaban J connectivity index is 3.19. The molecule has 0 aliphatic heterocycles. The van der Waals surface area contributed by atoms with Crippen LogP contribution in [0.3, 0.4) is 0 Å². The molecule has 0 saturated carbocycles. The van der Waals surface area contributed by atoms with E-state index >= 15 is 0 Å². The van der Waals surface area contributed by atoms with Gasteiger partial charge in [0, 0.05) is 12.6 Å². The van der Waals surface area contributed by atoms with Crippen LogP contribution in [0.1, 0.15) is 30.5 Å². The number of nitrogens with two attached hydrogens (primary N) is 1. The second kappa shape index (κ2) is 6.10. The SMILES string of the molecule is COc1c(C)c(C)cc(C)c1NC(CN)C(C)C. The molecule has 0 aliphatic carbocycles. The molecule has 0 radical (unpaired) electrons. The maximum Gasteiger partial charge on any atom is 0.145 e. The molecule has 0 fully saturated rings. The van der Waals surface area contributed by atoms with Crippen molar-refractivity contribution in [2.24, 2.45) is 11.7 Å². The van der Waals surface area contributed by atoms with Gasteiger partial charge in [-0.25, -0.2) is 0 Å². The van der Waals surface area contributed by atoms with Gasteiger partial charge in [-0.15, -0.1) is 0 Å². The molecule has 1 aromatic rings. The highest BCUT2D eigenvalue weighted by Gasteiger charge is 2.17. The second-order valence-corrected chi connectivity index (χ2v) is 5.27. The second-order valence-electron chi connectivity index (χ2n) is 5.27. The third-order valence-corrected chi connectivity index (χ3v) is 3.58. The summed E-state index contributed by atoms with van der Waals surface area (Å²) >= 11 is 0. The van der Waals surface area contributed by atoms with Crippen LogP contribution in [0.4, 0.5) is 5.69 Å². The zero-order chi connectivity index (χ0) is 13.9. The minimum atomic E-state index is 0.264. The third-order valence-electron chi connectivity index (χ3n) is 3.58. The number of hydrogen-bond acceptors (Lipinski definition) is 3. The van der Waals surface area contributed by atoms with Crippen molar-refractivity contribution in [3.8, 4) is 5.75 Å². The summed E-state index contributed by atoms with van der Waals surface area (Å²) in [5.74, 6) is 1.42. The lowest BCUT2D eigenvalue weighted by molar-refractivity contribution is 0.411. The van der Waals surface area contributed by atoms with Gasteiger partial charge >= 0.3 is 0 Å². The summed E-state index contributed by atoms with van der Waals surface area (Å²) in [7, 11) is 1.72. The molecule has 0 aliphatic rings. The van der Waals surface area contributed by atoms with Gasteiger partial charge < -0.3 is 15.8 Å². The van der Waals surface area contributed by atoms with Gasteiger partial charge in [-0.2, -0.15) is 0 Å². The van der Waals surface area contributed by atoms with Gasteiger partial charge in [0.2, 0.25) is 0 Å². The summed E-state index contributed by atoms with van der Waals surface area (Å²) in [4.78, 5) is 0. The van der Waals surface area contributed by atoms with E-state index in [1.807, 2.05) is 0 Å². The van der Waals surface area contributed by atoms with Gasteiger partial charge in [-0.1, -0.05) is 19.9 Å². The molecular formula is C15H26N2O. The van der Waals surface area contributed by atoms with Crippen LogP contribution in [0.2, 0.25) is 0 Å². The molecule has 1 aromatic carbocycles. The molecule has 1 rings (SSSR count). The average molecular weight is 250 g/mol. The molecule has 0 bridgehead atoms. The quantitative estimate of drug-likeness (QED) is 0.844. The van der Waals surface area contributed by atoms with Gasteiger partial charge in [0.25, 0.3) is 0 Å². The molecule has 0 amide bonds. The molecule has 3 N–H and O–H groups in total. The molecule has 3 nitrogen and oxygen atoms in total. The minimum Gasteiger partial charge on any atom is -0.494 e. The Kier molecular flexibility index (Phi) is 5.03. The van der Waals surface area contributed by atoms with Crippen molar-refractivity contribution in [2.75, 3.05) is 19.0 Å². The lowest BCUT2D eigenvalue weighted by Gasteiger charge is -2.25. The topological polar surface area (TPSA) is 47.3 Å². The van der Waals surface area contributed by atoms with E-state index in [1.54, 1.807) is 7.11 Å². The maximum absolute atomic E-state index is 5.83. The lowest BCUT2D eigenvalue weighted by atomic mass is 10.00. The molecule has 18 heavy (non-hydrogen) atoms. The van der Waals surface area contributed by atoms with E-state index in [0.717, 1.165) is 11.4 Å². The zero-order valence-electron chi connectivity index (χ0n) is 12.4. The molecule has 3 heteroatoms. The number of anilines is 1. The number of methoxy groups -OCH3 is 1. The highest BCUT2D eigenvalue weighted by atomic mass is 16.5. The van der Waals surface area contributed by atoms with E-state index in [1.165, 1.54) is 16.7 Å². The van der Waals surface area contributed by atoms with Crippen LogP contribution in [-0.2, 0) is 0 Å². The Bertz CT molecular complexity index is 413. The van der Waals surface area contributed by atoms with E-state index in [2.05, 4.69) is 46.0 Å². The monoisotopic (exact) mass is 250 g/mol. The zero-order valence-corrected chi connectivity index (χ0v) is 12.4. The molecule has 0 aromatic heterocycles.